The fourth-order valence-electron chi connectivity index (χ4n) is 3.72. The van der Waals surface area contributed by atoms with E-state index in [4.69, 9.17) is 16.3 Å². The van der Waals surface area contributed by atoms with Crippen molar-refractivity contribution in [2.45, 2.75) is 6.92 Å². The number of fused-ring (bicyclic) bond motifs is 1. The molecule has 3 aromatic rings. The molecule has 0 spiro atoms. The number of amides is 2. The number of carbonyl (C=O) groups excluding carboxylic acids is 1. The third-order valence-electron chi connectivity index (χ3n) is 5.31. The first kappa shape index (κ1) is 21.8. The fraction of sp³-hybridized carbons (Fsp3) is 0.292. The van der Waals surface area contributed by atoms with Crippen molar-refractivity contribution >= 4 is 28.5 Å². The minimum absolute atomic E-state index is 0.0314. The Morgan fingerprint density at radius 3 is 2.75 bits per heavy atom. The lowest BCUT2D eigenvalue weighted by Gasteiger charge is -2.21. The second-order valence-corrected chi connectivity index (χ2v) is 7.85. The van der Waals surface area contributed by atoms with Crippen molar-refractivity contribution in [3.05, 3.63) is 59.5 Å². The number of nitrogens with zero attached hydrogens (tertiary/aromatic N) is 3. The maximum Gasteiger partial charge on any atom is 0.317 e. The molecule has 1 fully saturated rings. The van der Waals surface area contributed by atoms with E-state index in [1.54, 1.807) is 24.0 Å². The van der Waals surface area contributed by atoms with Crippen LogP contribution in [0.2, 0.25) is 5.02 Å². The largest absolute Gasteiger partial charge is 0.489 e. The molecule has 1 aromatic heterocycles. The highest BCUT2D eigenvalue weighted by Crippen LogP contribution is 2.32. The molecule has 0 aliphatic carbocycles. The summed E-state index contributed by atoms with van der Waals surface area (Å²) < 4.78 is 21.4. The Labute approximate surface area is 191 Å². The van der Waals surface area contributed by atoms with Crippen LogP contribution in [0.3, 0.4) is 0 Å². The fourth-order valence-corrected chi connectivity index (χ4v) is 3.89. The van der Waals surface area contributed by atoms with Crippen LogP contribution in [-0.2, 0) is 0 Å². The Morgan fingerprint density at radius 1 is 1.22 bits per heavy atom. The summed E-state index contributed by atoms with van der Waals surface area (Å²) in [4.78, 5) is 15.5. The van der Waals surface area contributed by atoms with Crippen LogP contribution in [0.15, 0.2) is 48.7 Å². The molecule has 1 aliphatic rings. The van der Waals surface area contributed by atoms with E-state index >= 15 is 0 Å². The Kier molecular flexibility index (Phi) is 6.72. The zero-order valence-electron chi connectivity index (χ0n) is 17.8. The number of aromatic nitrogens is 1. The molecule has 4 rings (SSSR count). The maximum atomic E-state index is 13.4. The van der Waals surface area contributed by atoms with Crippen LogP contribution in [0.4, 0.5) is 9.18 Å². The third-order valence-corrected chi connectivity index (χ3v) is 5.54. The number of benzene rings is 2. The van der Waals surface area contributed by atoms with Crippen molar-refractivity contribution in [1.82, 2.24) is 19.7 Å². The van der Waals surface area contributed by atoms with E-state index in [2.05, 4.69) is 17.3 Å². The van der Waals surface area contributed by atoms with Gasteiger partial charge >= 0.3 is 6.03 Å². The zero-order chi connectivity index (χ0) is 22.5. The van der Waals surface area contributed by atoms with Gasteiger partial charge in [-0.3, -0.25) is 0 Å². The standard InChI is InChI=1S/C24H24ClFN4O2/c1-2-10-28(12-13-29-11-9-27-24(29)31)14-15-32-23-17-30(20-6-4-19(26)5-7-20)22-8-3-18(25)16-21(22)23/h3-8,16-17H,9,11-15H2,1H3,(H,27,31). The van der Waals surface area contributed by atoms with E-state index < -0.39 is 0 Å². The first-order valence-corrected chi connectivity index (χ1v) is 10.8. The predicted molar refractivity (Wildman–Crippen MR) is 124 cm³/mol. The second-order valence-electron chi connectivity index (χ2n) is 7.42. The molecule has 2 amide bonds. The van der Waals surface area contributed by atoms with Gasteiger partial charge in [0, 0.05) is 48.3 Å². The summed E-state index contributed by atoms with van der Waals surface area (Å²) in [5, 5.41) is 4.30. The van der Waals surface area contributed by atoms with Crippen molar-refractivity contribution < 1.29 is 13.9 Å². The molecule has 0 radical (unpaired) electrons. The van der Waals surface area contributed by atoms with Crippen molar-refractivity contribution in [2.24, 2.45) is 0 Å². The molecule has 0 bridgehead atoms. The van der Waals surface area contributed by atoms with Crippen LogP contribution in [0.5, 0.6) is 5.75 Å². The molecule has 166 valence electrons. The highest BCUT2D eigenvalue weighted by Gasteiger charge is 2.19. The average molecular weight is 455 g/mol. The molecule has 0 saturated carbocycles. The second kappa shape index (κ2) is 9.84. The smallest absolute Gasteiger partial charge is 0.317 e. The van der Waals surface area contributed by atoms with Crippen molar-refractivity contribution in [3.8, 4) is 23.4 Å². The minimum Gasteiger partial charge on any atom is -0.489 e. The van der Waals surface area contributed by atoms with Gasteiger partial charge in [0.2, 0.25) is 0 Å². The summed E-state index contributed by atoms with van der Waals surface area (Å²) in [6, 6.07) is 15.0. The monoisotopic (exact) mass is 454 g/mol. The molecular formula is C24H24ClFN4O2. The van der Waals surface area contributed by atoms with Gasteiger partial charge in [0.25, 0.3) is 0 Å². The molecule has 0 atom stereocenters. The quantitative estimate of drug-likeness (QED) is 0.411. The SMILES string of the molecule is CC#CN(CCOc1cn(-c2ccc(F)cc2)c2ccc(Cl)cc12)CCN1CCNC1=O. The molecule has 1 aliphatic heterocycles. The molecule has 1 saturated heterocycles. The first-order valence-electron chi connectivity index (χ1n) is 10.4. The van der Waals surface area contributed by atoms with Gasteiger partial charge in [0.05, 0.1) is 18.3 Å². The lowest BCUT2D eigenvalue weighted by molar-refractivity contribution is 0.207. The number of hydrogen-bond acceptors (Lipinski definition) is 3. The lowest BCUT2D eigenvalue weighted by atomic mass is 10.2. The van der Waals surface area contributed by atoms with Crippen LogP contribution in [0.1, 0.15) is 6.92 Å². The van der Waals surface area contributed by atoms with Crippen molar-refractivity contribution in [1.29, 1.82) is 0 Å². The van der Waals surface area contributed by atoms with E-state index in [0.29, 0.717) is 50.1 Å². The van der Waals surface area contributed by atoms with Gasteiger partial charge in [-0.15, -0.1) is 0 Å². The number of carbonyl (C=O) groups is 1. The van der Waals surface area contributed by atoms with Crippen molar-refractivity contribution in [2.75, 3.05) is 39.3 Å². The predicted octanol–water partition coefficient (Wildman–Crippen LogP) is 4.11. The van der Waals surface area contributed by atoms with Crippen LogP contribution >= 0.6 is 11.6 Å². The first-order chi connectivity index (χ1) is 15.5. The molecular weight excluding hydrogens is 431 g/mol. The number of nitrogens with one attached hydrogen (secondary N) is 1. The zero-order valence-corrected chi connectivity index (χ0v) is 18.5. The number of halogens is 2. The lowest BCUT2D eigenvalue weighted by Crippen LogP contribution is -2.36. The Morgan fingerprint density at radius 2 is 2.03 bits per heavy atom. The molecule has 8 heteroatoms. The summed E-state index contributed by atoms with van der Waals surface area (Å²) in [5.74, 6) is 3.33. The Balaban J connectivity index is 1.47. The maximum absolute atomic E-state index is 13.4. The van der Waals surface area contributed by atoms with Gasteiger partial charge in [-0.25, -0.2) is 9.18 Å². The highest BCUT2D eigenvalue weighted by atomic mass is 35.5. The van der Waals surface area contributed by atoms with Crippen molar-refractivity contribution in [3.63, 3.8) is 0 Å². The van der Waals surface area contributed by atoms with E-state index in [9.17, 15) is 9.18 Å². The number of hydrogen-bond donors (Lipinski definition) is 1. The molecule has 6 nitrogen and oxygen atoms in total. The molecule has 2 heterocycles. The van der Waals surface area contributed by atoms with Crippen LogP contribution < -0.4 is 10.1 Å². The summed E-state index contributed by atoms with van der Waals surface area (Å²) >= 11 is 6.23. The van der Waals surface area contributed by atoms with Gasteiger partial charge in [0.1, 0.15) is 18.2 Å². The van der Waals surface area contributed by atoms with Gasteiger partial charge in [-0.05, 0) is 49.4 Å². The number of urea groups is 1. The van der Waals surface area contributed by atoms with E-state index in [0.717, 1.165) is 16.6 Å². The number of rotatable bonds is 8. The molecule has 2 aromatic carbocycles. The summed E-state index contributed by atoms with van der Waals surface area (Å²) in [7, 11) is 0. The normalized spacial score (nSPS) is 13.1. The van der Waals surface area contributed by atoms with Crippen LogP contribution in [0.25, 0.3) is 16.6 Å². The highest BCUT2D eigenvalue weighted by molar-refractivity contribution is 6.31. The van der Waals surface area contributed by atoms with Gasteiger partial charge in [-0.1, -0.05) is 17.5 Å². The topological polar surface area (TPSA) is 49.7 Å². The van der Waals surface area contributed by atoms with Gasteiger partial charge < -0.3 is 24.4 Å². The van der Waals surface area contributed by atoms with Crippen LogP contribution in [0, 0.1) is 17.8 Å². The third kappa shape index (κ3) is 4.92. The average Bonchev–Trinajstić information content (AvgIpc) is 3.35. The Hall–Kier alpha value is -3.37. The van der Waals surface area contributed by atoms with Gasteiger partial charge in [-0.2, -0.15) is 0 Å². The van der Waals surface area contributed by atoms with Gasteiger partial charge in [0.15, 0.2) is 0 Å². The Bertz CT molecular complexity index is 1170. The molecule has 0 unspecified atom stereocenters. The number of ether oxygens (including phenoxy) is 1. The minimum atomic E-state index is -0.284. The summed E-state index contributed by atoms with van der Waals surface area (Å²) in [5.41, 5.74) is 1.75. The van der Waals surface area contributed by atoms with E-state index in [1.807, 2.05) is 33.9 Å². The van der Waals surface area contributed by atoms with E-state index in [-0.39, 0.29) is 11.8 Å². The van der Waals surface area contributed by atoms with E-state index in [1.165, 1.54) is 12.1 Å². The summed E-state index contributed by atoms with van der Waals surface area (Å²) in [6.45, 7) is 5.43. The molecule has 1 N–H and O–H groups in total. The summed E-state index contributed by atoms with van der Waals surface area (Å²) in [6.07, 6.45) is 1.89. The van der Waals surface area contributed by atoms with Crippen LogP contribution in [-0.4, -0.2) is 59.7 Å². The molecule has 32 heavy (non-hydrogen) atoms.